The molecule has 0 amide bonds. The van der Waals surface area contributed by atoms with Crippen LogP contribution < -0.4 is 4.74 Å². The molecule has 2 aromatic carbocycles. The van der Waals surface area contributed by atoms with Crippen molar-refractivity contribution in [2.45, 2.75) is 0 Å². The van der Waals surface area contributed by atoms with Crippen molar-refractivity contribution in [1.82, 2.24) is 0 Å². The van der Waals surface area contributed by atoms with Crippen molar-refractivity contribution in [2.75, 3.05) is 0 Å². The molecule has 0 heterocycles. The molecular formula is C12H6Br4O3. The average molecular weight is 518 g/mol. The van der Waals surface area contributed by atoms with Gasteiger partial charge in [0.05, 0.1) is 8.95 Å². The van der Waals surface area contributed by atoms with Crippen molar-refractivity contribution >= 4 is 63.7 Å². The van der Waals surface area contributed by atoms with E-state index in [1.54, 1.807) is 18.2 Å². The lowest BCUT2D eigenvalue weighted by Gasteiger charge is -2.12. The van der Waals surface area contributed by atoms with Gasteiger partial charge in [0, 0.05) is 8.95 Å². The van der Waals surface area contributed by atoms with Crippen LogP contribution in [0, 0.1) is 0 Å². The number of halogens is 4. The molecule has 0 saturated carbocycles. The minimum absolute atomic E-state index is 0.0441. The fraction of sp³-hybridized carbons (Fsp3) is 0. The second kappa shape index (κ2) is 6.03. The van der Waals surface area contributed by atoms with Gasteiger partial charge in [-0.05, 0) is 56.1 Å². The van der Waals surface area contributed by atoms with Crippen LogP contribution >= 0.6 is 63.7 Å². The molecule has 0 spiro atoms. The summed E-state index contributed by atoms with van der Waals surface area (Å²) in [6.07, 6.45) is 0. The Morgan fingerprint density at radius 1 is 0.789 bits per heavy atom. The lowest BCUT2D eigenvalue weighted by atomic mass is 10.3. The molecule has 0 unspecified atom stereocenters. The van der Waals surface area contributed by atoms with Gasteiger partial charge in [0.25, 0.3) is 0 Å². The van der Waals surface area contributed by atoms with Gasteiger partial charge < -0.3 is 14.9 Å². The van der Waals surface area contributed by atoms with Crippen LogP contribution in [0.4, 0.5) is 0 Å². The van der Waals surface area contributed by atoms with Gasteiger partial charge >= 0.3 is 0 Å². The summed E-state index contributed by atoms with van der Waals surface area (Å²) < 4.78 is 8.06. The lowest BCUT2D eigenvalue weighted by molar-refractivity contribution is 0.382. The lowest BCUT2D eigenvalue weighted by Crippen LogP contribution is -1.88. The van der Waals surface area contributed by atoms with Gasteiger partial charge in [0.1, 0.15) is 0 Å². The van der Waals surface area contributed by atoms with Gasteiger partial charge in [-0.1, -0.05) is 31.9 Å². The van der Waals surface area contributed by atoms with Crippen LogP contribution in [-0.2, 0) is 0 Å². The number of benzene rings is 2. The maximum atomic E-state index is 9.92. The predicted molar refractivity (Wildman–Crippen MR) is 87.1 cm³/mol. The molecular weight excluding hydrogens is 512 g/mol. The van der Waals surface area contributed by atoms with Gasteiger partial charge in [-0.25, -0.2) is 0 Å². The molecule has 0 atom stereocenters. The van der Waals surface area contributed by atoms with Crippen LogP contribution in [-0.4, -0.2) is 10.2 Å². The molecule has 0 aliphatic carbocycles. The summed E-state index contributed by atoms with van der Waals surface area (Å²) in [6.45, 7) is 0. The van der Waals surface area contributed by atoms with Gasteiger partial charge in [0.15, 0.2) is 23.0 Å². The Morgan fingerprint density at radius 2 is 1.37 bits per heavy atom. The first-order valence-electron chi connectivity index (χ1n) is 4.92. The van der Waals surface area contributed by atoms with Crippen LogP contribution in [0.1, 0.15) is 0 Å². The first-order chi connectivity index (χ1) is 8.88. The van der Waals surface area contributed by atoms with Crippen LogP contribution in [0.15, 0.2) is 42.2 Å². The van der Waals surface area contributed by atoms with Gasteiger partial charge in [-0.3, -0.25) is 0 Å². The van der Waals surface area contributed by atoms with Crippen LogP contribution in [0.2, 0.25) is 0 Å². The van der Waals surface area contributed by atoms with E-state index in [0.717, 1.165) is 4.47 Å². The third kappa shape index (κ3) is 3.45. The Balaban J connectivity index is 2.48. The molecule has 2 rings (SSSR count). The molecule has 7 heteroatoms. The summed E-state index contributed by atoms with van der Waals surface area (Å²) in [4.78, 5) is 0. The van der Waals surface area contributed by atoms with E-state index in [9.17, 15) is 10.2 Å². The maximum absolute atomic E-state index is 9.92. The molecule has 0 aromatic heterocycles. The quantitative estimate of drug-likeness (QED) is 0.518. The highest BCUT2D eigenvalue weighted by Crippen LogP contribution is 2.45. The zero-order valence-electron chi connectivity index (χ0n) is 9.12. The number of ether oxygens (including phenoxy) is 1. The number of hydrogen-bond acceptors (Lipinski definition) is 3. The normalized spacial score (nSPS) is 10.5. The molecule has 2 aromatic rings. The number of hydrogen-bond donors (Lipinski definition) is 2. The molecule has 2 N–H and O–H groups in total. The first kappa shape index (κ1) is 15.2. The predicted octanol–water partition coefficient (Wildman–Crippen LogP) is 5.94. The van der Waals surface area contributed by atoms with E-state index < -0.39 is 0 Å². The molecule has 3 nitrogen and oxygen atoms in total. The van der Waals surface area contributed by atoms with Crippen molar-refractivity contribution in [2.24, 2.45) is 0 Å². The fourth-order valence-corrected chi connectivity index (χ4v) is 3.85. The van der Waals surface area contributed by atoms with Crippen molar-refractivity contribution < 1.29 is 14.9 Å². The molecule has 0 aliphatic heterocycles. The fourth-order valence-electron chi connectivity index (χ4n) is 1.38. The Kier molecular flexibility index (Phi) is 4.81. The summed E-state index contributed by atoms with van der Waals surface area (Å²) in [5, 5.41) is 19.8. The Hall–Kier alpha value is -0.240. The van der Waals surface area contributed by atoms with Crippen LogP contribution in [0.25, 0.3) is 0 Å². The molecule has 0 saturated heterocycles. The van der Waals surface area contributed by atoms with Crippen molar-refractivity contribution in [3.05, 3.63) is 42.2 Å². The molecule has 0 fully saturated rings. The third-order valence-electron chi connectivity index (χ3n) is 2.19. The average Bonchev–Trinajstić information content (AvgIpc) is 2.29. The highest BCUT2D eigenvalue weighted by Gasteiger charge is 2.15. The smallest absolute Gasteiger partial charge is 0.183 e. The second-order valence-corrected chi connectivity index (χ2v) is 7.11. The van der Waals surface area contributed by atoms with E-state index in [4.69, 9.17) is 4.74 Å². The first-order valence-corrected chi connectivity index (χ1v) is 8.09. The molecule has 0 radical (unpaired) electrons. The van der Waals surface area contributed by atoms with E-state index in [0.29, 0.717) is 13.4 Å². The van der Waals surface area contributed by atoms with E-state index in [-0.39, 0.29) is 23.0 Å². The summed E-state index contributed by atoms with van der Waals surface area (Å²) >= 11 is 13.1. The summed E-state index contributed by atoms with van der Waals surface area (Å²) in [6, 6.07) is 6.54. The Labute approximate surface area is 143 Å². The van der Waals surface area contributed by atoms with E-state index >= 15 is 0 Å². The number of rotatable bonds is 2. The van der Waals surface area contributed by atoms with Crippen molar-refractivity contribution in [1.29, 1.82) is 0 Å². The minimum atomic E-state index is -0.0447. The standard InChI is InChI=1S/C12H6Br4O3/c13-5-2-8(16)12(9(17)3-5)19-10-4-6(14)1-7(15)11(10)18/h1-4,17-18H. The molecule has 0 aliphatic rings. The summed E-state index contributed by atoms with van der Waals surface area (Å²) in [7, 11) is 0. The summed E-state index contributed by atoms with van der Waals surface area (Å²) in [5.41, 5.74) is 0. The SMILES string of the molecule is Oc1cc(Br)cc(Br)c1Oc1cc(Br)cc(Br)c1O. The highest BCUT2D eigenvalue weighted by atomic mass is 79.9. The second-order valence-electron chi connectivity index (χ2n) is 3.57. The van der Waals surface area contributed by atoms with Crippen LogP contribution in [0.3, 0.4) is 0 Å². The van der Waals surface area contributed by atoms with Gasteiger partial charge in [-0.15, -0.1) is 0 Å². The Bertz CT molecular complexity index is 620. The largest absolute Gasteiger partial charge is 0.504 e. The molecule has 0 bridgehead atoms. The van der Waals surface area contributed by atoms with E-state index in [2.05, 4.69) is 63.7 Å². The maximum Gasteiger partial charge on any atom is 0.183 e. The van der Waals surface area contributed by atoms with Crippen molar-refractivity contribution in [3.63, 3.8) is 0 Å². The van der Waals surface area contributed by atoms with Gasteiger partial charge in [-0.2, -0.15) is 0 Å². The van der Waals surface area contributed by atoms with Crippen molar-refractivity contribution in [3.8, 4) is 23.0 Å². The minimum Gasteiger partial charge on any atom is -0.504 e. The topological polar surface area (TPSA) is 49.7 Å². The third-order valence-corrected chi connectivity index (χ3v) is 4.30. The highest BCUT2D eigenvalue weighted by molar-refractivity contribution is 9.11. The van der Waals surface area contributed by atoms with E-state index in [1.165, 1.54) is 6.07 Å². The van der Waals surface area contributed by atoms with Crippen LogP contribution in [0.5, 0.6) is 23.0 Å². The zero-order chi connectivity index (χ0) is 14.2. The Morgan fingerprint density at radius 3 is 2.00 bits per heavy atom. The number of aromatic hydroxyl groups is 2. The number of phenolic OH excluding ortho intramolecular Hbond substituents is 2. The van der Waals surface area contributed by atoms with E-state index in [1.807, 2.05) is 0 Å². The monoisotopic (exact) mass is 514 g/mol. The summed E-state index contributed by atoms with van der Waals surface area (Å²) in [5.74, 6) is 0.359. The molecule has 19 heavy (non-hydrogen) atoms. The molecule has 100 valence electrons. The number of phenols is 2. The zero-order valence-corrected chi connectivity index (χ0v) is 15.5. The van der Waals surface area contributed by atoms with Gasteiger partial charge in [0.2, 0.25) is 0 Å².